The number of halogens is 1. The van der Waals surface area contributed by atoms with E-state index in [9.17, 15) is 10.1 Å². The molecule has 1 aliphatic rings. The molecule has 0 atom stereocenters. The topological polar surface area (TPSA) is 78.4 Å². The van der Waals surface area contributed by atoms with Crippen molar-refractivity contribution in [1.29, 1.82) is 0 Å². The number of benzene rings is 1. The van der Waals surface area contributed by atoms with Gasteiger partial charge in [-0.1, -0.05) is 6.07 Å². The van der Waals surface area contributed by atoms with Gasteiger partial charge in [0.25, 0.3) is 5.69 Å². The highest BCUT2D eigenvalue weighted by Gasteiger charge is 2.22. The summed E-state index contributed by atoms with van der Waals surface area (Å²) in [6.45, 7) is 0. The maximum atomic E-state index is 10.8. The second kappa shape index (κ2) is 5.67. The number of nitro groups is 1. The van der Waals surface area contributed by atoms with Gasteiger partial charge >= 0.3 is 0 Å². The molecule has 98 valence electrons. The molecule has 2 N–H and O–H groups in total. The summed E-state index contributed by atoms with van der Waals surface area (Å²) in [6.07, 6.45) is 3.78. The van der Waals surface area contributed by atoms with E-state index in [1.807, 2.05) is 0 Å². The highest BCUT2D eigenvalue weighted by molar-refractivity contribution is 9.10. The summed E-state index contributed by atoms with van der Waals surface area (Å²) in [4.78, 5) is 10.4. The van der Waals surface area contributed by atoms with Crippen molar-refractivity contribution >= 4 is 21.6 Å². The fraction of sp³-hybridized carbons (Fsp3) is 0.500. The molecule has 0 heterocycles. The molecule has 0 unspecified atom stereocenters. The number of hydrogen-bond donors (Lipinski definition) is 1. The number of nitro benzene ring substituents is 1. The zero-order valence-electron chi connectivity index (χ0n) is 9.84. The van der Waals surface area contributed by atoms with Crippen LogP contribution in [0, 0.1) is 10.1 Å². The first-order valence-electron chi connectivity index (χ1n) is 5.93. The first-order chi connectivity index (χ1) is 8.58. The number of rotatable bonds is 3. The van der Waals surface area contributed by atoms with Crippen LogP contribution in [0.5, 0.6) is 5.75 Å². The molecule has 1 saturated carbocycles. The Kier molecular flexibility index (Phi) is 4.19. The quantitative estimate of drug-likeness (QED) is 0.687. The first-order valence-corrected chi connectivity index (χ1v) is 6.72. The standard InChI is InChI=1S/C12H15BrN2O3/c13-12-10(15(16)17)2-1-3-11(12)18-9-6-4-8(14)5-7-9/h1-3,8-9H,4-7,14H2. The van der Waals surface area contributed by atoms with Crippen molar-refractivity contribution in [3.8, 4) is 5.75 Å². The smallest absolute Gasteiger partial charge is 0.287 e. The van der Waals surface area contributed by atoms with E-state index in [-0.39, 0.29) is 17.8 Å². The van der Waals surface area contributed by atoms with Crippen LogP contribution in [0.4, 0.5) is 5.69 Å². The Morgan fingerprint density at radius 3 is 2.61 bits per heavy atom. The van der Waals surface area contributed by atoms with E-state index in [2.05, 4.69) is 15.9 Å². The van der Waals surface area contributed by atoms with Crippen LogP contribution in [0.25, 0.3) is 0 Å². The van der Waals surface area contributed by atoms with Gasteiger partial charge in [0, 0.05) is 12.1 Å². The highest BCUT2D eigenvalue weighted by Crippen LogP contribution is 2.35. The first kappa shape index (κ1) is 13.3. The lowest BCUT2D eigenvalue weighted by Gasteiger charge is -2.27. The monoisotopic (exact) mass is 314 g/mol. The number of nitrogens with two attached hydrogens (primary N) is 1. The molecular formula is C12H15BrN2O3. The lowest BCUT2D eigenvalue weighted by atomic mass is 9.94. The molecule has 1 aromatic carbocycles. The van der Waals surface area contributed by atoms with Gasteiger partial charge in [-0.2, -0.15) is 0 Å². The third-order valence-electron chi connectivity index (χ3n) is 3.15. The fourth-order valence-electron chi connectivity index (χ4n) is 2.12. The van der Waals surface area contributed by atoms with E-state index in [0.717, 1.165) is 25.7 Å². The van der Waals surface area contributed by atoms with Crippen LogP contribution in [-0.2, 0) is 0 Å². The molecule has 0 spiro atoms. The average molecular weight is 315 g/mol. The third kappa shape index (κ3) is 3.00. The summed E-state index contributed by atoms with van der Waals surface area (Å²) in [6, 6.07) is 5.09. The van der Waals surface area contributed by atoms with Crippen LogP contribution >= 0.6 is 15.9 Å². The largest absolute Gasteiger partial charge is 0.489 e. The van der Waals surface area contributed by atoms with Gasteiger partial charge in [0.15, 0.2) is 0 Å². The van der Waals surface area contributed by atoms with E-state index in [0.29, 0.717) is 10.2 Å². The highest BCUT2D eigenvalue weighted by atomic mass is 79.9. The average Bonchev–Trinajstić information content (AvgIpc) is 2.34. The summed E-state index contributed by atoms with van der Waals surface area (Å²) in [5, 5.41) is 10.8. The van der Waals surface area contributed by atoms with Crippen molar-refractivity contribution in [1.82, 2.24) is 0 Å². The molecule has 0 saturated heterocycles. The van der Waals surface area contributed by atoms with Crippen molar-refractivity contribution in [3.63, 3.8) is 0 Å². The predicted molar refractivity (Wildman–Crippen MR) is 71.7 cm³/mol. The zero-order valence-corrected chi connectivity index (χ0v) is 11.4. The minimum absolute atomic E-state index is 0.0278. The summed E-state index contributed by atoms with van der Waals surface area (Å²) in [7, 11) is 0. The van der Waals surface area contributed by atoms with Crippen molar-refractivity contribution in [2.75, 3.05) is 0 Å². The van der Waals surface area contributed by atoms with Crippen LogP contribution in [0.2, 0.25) is 0 Å². The Balaban J connectivity index is 2.10. The van der Waals surface area contributed by atoms with Crippen LogP contribution in [0.1, 0.15) is 25.7 Å². The summed E-state index contributed by atoms with van der Waals surface area (Å²) in [5.41, 5.74) is 5.86. The lowest BCUT2D eigenvalue weighted by Crippen LogP contribution is -2.31. The minimum Gasteiger partial charge on any atom is -0.489 e. The molecule has 6 heteroatoms. The van der Waals surface area contributed by atoms with E-state index in [1.165, 1.54) is 6.07 Å². The van der Waals surface area contributed by atoms with Crippen molar-refractivity contribution in [3.05, 3.63) is 32.8 Å². The van der Waals surface area contributed by atoms with E-state index in [1.54, 1.807) is 12.1 Å². The summed E-state index contributed by atoms with van der Waals surface area (Å²) >= 11 is 3.23. The molecule has 0 amide bonds. The van der Waals surface area contributed by atoms with Gasteiger partial charge in [-0.15, -0.1) is 0 Å². The van der Waals surface area contributed by atoms with Crippen LogP contribution < -0.4 is 10.5 Å². The van der Waals surface area contributed by atoms with E-state index < -0.39 is 4.92 Å². The predicted octanol–water partition coefficient (Wildman–Crippen LogP) is 3.01. The molecule has 2 rings (SSSR count). The van der Waals surface area contributed by atoms with Gasteiger partial charge in [0.1, 0.15) is 10.2 Å². The van der Waals surface area contributed by atoms with E-state index in [4.69, 9.17) is 10.5 Å². The van der Waals surface area contributed by atoms with Gasteiger partial charge in [0.05, 0.1) is 11.0 Å². The normalized spacial score (nSPS) is 23.7. The second-order valence-electron chi connectivity index (χ2n) is 4.50. The van der Waals surface area contributed by atoms with Crippen molar-refractivity contribution in [2.45, 2.75) is 37.8 Å². The van der Waals surface area contributed by atoms with Gasteiger partial charge in [-0.05, 0) is 47.7 Å². The van der Waals surface area contributed by atoms with Crippen molar-refractivity contribution in [2.24, 2.45) is 5.73 Å². The maximum absolute atomic E-state index is 10.8. The Hall–Kier alpha value is -1.14. The molecule has 0 radical (unpaired) electrons. The second-order valence-corrected chi connectivity index (χ2v) is 5.29. The van der Waals surface area contributed by atoms with Crippen LogP contribution in [-0.4, -0.2) is 17.1 Å². The van der Waals surface area contributed by atoms with Gasteiger partial charge in [-0.25, -0.2) is 0 Å². The molecule has 1 fully saturated rings. The molecule has 5 nitrogen and oxygen atoms in total. The Morgan fingerprint density at radius 1 is 1.33 bits per heavy atom. The van der Waals surface area contributed by atoms with Gasteiger partial charge in [0.2, 0.25) is 0 Å². The van der Waals surface area contributed by atoms with Crippen LogP contribution in [0.15, 0.2) is 22.7 Å². The number of nitrogens with zero attached hydrogens (tertiary/aromatic N) is 1. The third-order valence-corrected chi connectivity index (χ3v) is 3.95. The number of hydrogen-bond acceptors (Lipinski definition) is 4. The molecule has 18 heavy (non-hydrogen) atoms. The van der Waals surface area contributed by atoms with Crippen molar-refractivity contribution < 1.29 is 9.66 Å². The molecule has 0 aromatic heterocycles. The zero-order chi connectivity index (χ0) is 13.1. The molecule has 1 aliphatic carbocycles. The van der Waals surface area contributed by atoms with Gasteiger partial charge in [-0.3, -0.25) is 10.1 Å². The fourth-order valence-corrected chi connectivity index (χ4v) is 2.62. The Morgan fingerprint density at radius 2 is 2.00 bits per heavy atom. The molecular weight excluding hydrogens is 300 g/mol. The van der Waals surface area contributed by atoms with E-state index >= 15 is 0 Å². The summed E-state index contributed by atoms with van der Waals surface area (Å²) in [5.74, 6) is 0.532. The lowest BCUT2D eigenvalue weighted by molar-refractivity contribution is -0.385. The van der Waals surface area contributed by atoms with Crippen LogP contribution in [0.3, 0.4) is 0 Å². The minimum atomic E-state index is -0.423. The molecule has 1 aromatic rings. The Bertz CT molecular complexity index is 445. The van der Waals surface area contributed by atoms with Gasteiger partial charge < -0.3 is 10.5 Å². The Labute approximate surface area is 114 Å². The molecule has 0 bridgehead atoms. The molecule has 0 aliphatic heterocycles. The number of ether oxygens (including phenoxy) is 1. The summed E-state index contributed by atoms with van der Waals surface area (Å²) < 4.78 is 6.23. The maximum Gasteiger partial charge on any atom is 0.287 e. The SMILES string of the molecule is NC1CCC(Oc2cccc([N+](=O)[O-])c2Br)CC1.